The van der Waals surface area contributed by atoms with Gasteiger partial charge in [-0.3, -0.25) is 4.79 Å². The minimum absolute atomic E-state index is 0.0626. The highest BCUT2D eigenvalue weighted by atomic mass is 16.5. The zero-order valence-corrected chi connectivity index (χ0v) is 12.0. The number of aromatic nitrogens is 1. The summed E-state index contributed by atoms with van der Waals surface area (Å²) < 4.78 is 4.95. The fourth-order valence-electron chi connectivity index (χ4n) is 1.75. The molecule has 0 aliphatic rings. The number of carbonyl (C=O) groups excluding carboxylic acids is 1. The third-order valence-electron chi connectivity index (χ3n) is 2.71. The number of anilines is 1. The molecule has 0 aliphatic carbocycles. The normalized spacial score (nSPS) is 10.3. The van der Waals surface area contributed by atoms with E-state index in [9.17, 15) is 4.79 Å². The van der Waals surface area contributed by atoms with Crippen molar-refractivity contribution in [1.29, 1.82) is 0 Å². The van der Waals surface area contributed by atoms with Crippen molar-refractivity contribution < 1.29 is 9.53 Å². The largest absolute Gasteiger partial charge is 0.385 e. The number of ether oxygens (including phenoxy) is 1. The zero-order chi connectivity index (χ0) is 14.1. The molecule has 0 saturated carbocycles. The van der Waals surface area contributed by atoms with E-state index in [0.29, 0.717) is 18.7 Å². The highest BCUT2D eigenvalue weighted by molar-refractivity contribution is 5.95. The summed E-state index contributed by atoms with van der Waals surface area (Å²) in [5.74, 6) is 0.667. The molecule has 1 heterocycles. The van der Waals surface area contributed by atoms with Gasteiger partial charge < -0.3 is 15.4 Å². The van der Waals surface area contributed by atoms with Crippen molar-refractivity contribution >= 4 is 11.7 Å². The number of amides is 1. The van der Waals surface area contributed by atoms with Crippen LogP contribution in [0.2, 0.25) is 0 Å². The lowest BCUT2D eigenvalue weighted by molar-refractivity contribution is 0.0948. The molecule has 0 spiro atoms. The van der Waals surface area contributed by atoms with Crippen LogP contribution < -0.4 is 10.6 Å². The second-order valence-corrected chi connectivity index (χ2v) is 4.33. The van der Waals surface area contributed by atoms with Crippen molar-refractivity contribution in [3.05, 3.63) is 23.4 Å². The monoisotopic (exact) mass is 265 g/mol. The maximum Gasteiger partial charge on any atom is 0.251 e. The van der Waals surface area contributed by atoms with Crippen molar-refractivity contribution in [3.63, 3.8) is 0 Å². The predicted molar refractivity (Wildman–Crippen MR) is 76.6 cm³/mol. The van der Waals surface area contributed by atoms with E-state index in [1.54, 1.807) is 20.2 Å². The van der Waals surface area contributed by atoms with Crippen LogP contribution in [0, 0.1) is 0 Å². The quantitative estimate of drug-likeness (QED) is 0.704. The van der Waals surface area contributed by atoms with Crippen molar-refractivity contribution in [2.45, 2.75) is 26.2 Å². The van der Waals surface area contributed by atoms with Crippen molar-refractivity contribution in [2.24, 2.45) is 0 Å². The molecule has 0 atom stereocenters. The predicted octanol–water partition coefficient (Wildman–Crippen LogP) is 1.84. The number of hydrogen-bond donors (Lipinski definition) is 2. The molecule has 0 radical (unpaired) electrons. The summed E-state index contributed by atoms with van der Waals surface area (Å²) >= 11 is 0. The Balaban J connectivity index is 2.69. The van der Waals surface area contributed by atoms with Crippen LogP contribution in [0.4, 0.5) is 5.82 Å². The first-order chi connectivity index (χ1) is 9.21. The number of carbonyl (C=O) groups is 1. The van der Waals surface area contributed by atoms with Crippen molar-refractivity contribution in [3.8, 4) is 0 Å². The molecule has 0 bridgehead atoms. The minimum Gasteiger partial charge on any atom is -0.385 e. The molecule has 106 valence electrons. The molecule has 19 heavy (non-hydrogen) atoms. The lowest BCUT2D eigenvalue weighted by Gasteiger charge is -2.09. The molecular weight excluding hydrogens is 242 g/mol. The Kier molecular flexibility index (Phi) is 6.89. The van der Waals surface area contributed by atoms with Crippen LogP contribution in [-0.2, 0) is 11.2 Å². The van der Waals surface area contributed by atoms with Gasteiger partial charge in [-0.05, 0) is 25.0 Å². The Morgan fingerprint density at radius 3 is 2.84 bits per heavy atom. The van der Waals surface area contributed by atoms with E-state index in [-0.39, 0.29) is 5.91 Å². The number of rotatable bonds is 8. The topological polar surface area (TPSA) is 63.2 Å². The van der Waals surface area contributed by atoms with Crippen LogP contribution >= 0.6 is 0 Å². The van der Waals surface area contributed by atoms with Gasteiger partial charge in [-0.1, -0.05) is 13.3 Å². The zero-order valence-electron chi connectivity index (χ0n) is 12.0. The lowest BCUT2D eigenvalue weighted by atomic mass is 10.1. The molecular formula is C14H23N3O2. The molecule has 1 aromatic rings. The summed E-state index contributed by atoms with van der Waals surface area (Å²) in [6.45, 7) is 3.37. The Hall–Kier alpha value is -1.62. The van der Waals surface area contributed by atoms with Crippen molar-refractivity contribution in [2.75, 3.05) is 32.6 Å². The average molecular weight is 265 g/mol. The Morgan fingerprint density at radius 2 is 2.21 bits per heavy atom. The number of aryl methyl sites for hydroxylation is 1. The van der Waals surface area contributed by atoms with Crippen LogP contribution in [0.25, 0.3) is 0 Å². The van der Waals surface area contributed by atoms with E-state index in [1.165, 1.54) is 0 Å². The summed E-state index contributed by atoms with van der Waals surface area (Å²) in [4.78, 5) is 16.4. The highest BCUT2D eigenvalue weighted by Gasteiger charge is 2.08. The smallest absolute Gasteiger partial charge is 0.251 e. The molecule has 1 aromatic heterocycles. The van der Waals surface area contributed by atoms with Gasteiger partial charge in [0.2, 0.25) is 0 Å². The molecule has 0 saturated heterocycles. The Labute approximate surface area is 114 Å². The van der Waals surface area contributed by atoms with E-state index >= 15 is 0 Å². The number of methoxy groups -OCH3 is 1. The number of pyridine rings is 1. The summed E-state index contributed by atoms with van der Waals surface area (Å²) in [6, 6.07) is 3.63. The van der Waals surface area contributed by atoms with Gasteiger partial charge in [-0.25, -0.2) is 4.98 Å². The van der Waals surface area contributed by atoms with Crippen LogP contribution in [0.3, 0.4) is 0 Å². The van der Waals surface area contributed by atoms with Crippen LogP contribution in [0.5, 0.6) is 0 Å². The minimum atomic E-state index is -0.0626. The maximum absolute atomic E-state index is 12.0. The van der Waals surface area contributed by atoms with Crippen LogP contribution in [-0.4, -0.2) is 38.2 Å². The summed E-state index contributed by atoms with van der Waals surface area (Å²) in [6.07, 6.45) is 2.70. The molecule has 0 aliphatic heterocycles. The van der Waals surface area contributed by atoms with Gasteiger partial charge in [-0.2, -0.15) is 0 Å². The third kappa shape index (κ3) is 5.26. The molecule has 0 fully saturated rings. The molecule has 1 amide bonds. The van der Waals surface area contributed by atoms with Gasteiger partial charge in [0.1, 0.15) is 5.82 Å². The van der Waals surface area contributed by atoms with E-state index in [0.717, 1.165) is 30.8 Å². The molecule has 0 unspecified atom stereocenters. The van der Waals surface area contributed by atoms with E-state index in [2.05, 4.69) is 22.5 Å². The first-order valence-electron chi connectivity index (χ1n) is 6.67. The maximum atomic E-state index is 12.0. The van der Waals surface area contributed by atoms with Crippen LogP contribution in [0.15, 0.2) is 12.1 Å². The SMILES string of the molecule is CCCc1cc(C(=O)NCCCOC)cc(NC)n1. The first kappa shape index (κ1) is 15.4. The average Bonchev–Trinajstić information content (AvgIpc) is 2.43. The van der Waals surface area contributed by atoms with E-state index in [1.807, 2.05) is 6.07 Å². The standard InChI is InChI=1S/C14H23N3O2/c1-4-6-12-9-11(10-13(15-2)17-12)14(18)16-7-5-8-19-3/h9-10H,4-8H2,1-3H3,(H,15,17)(H,16,18). The summed E-state index contributed by atoms with van der Waals surface area (Å²) in [7, 11) is 3.46. The Bertz CT molecular complexity index is 408. The fraction of sp³-hybridized carbons (Fsp3) is 0.571. The Morgan fingerprint density at radius 1 is 1.42 bits per heavy atom. The molecule has 0 aromatic carbocycles. The van der Waals surface area contributed by atoms with Crippen LogP contribution in [0.1, 0.15) is 35.8 Å². The molecule has 5 nitrogen and oxygen atoms in total. The number of nitrogens with one attached hydrogen (secondary N) is 2. The van der Waals surface area contributed by atoms with Gasteiger partial charge in [0.15, 0.2) is 0 Å². The fourth-order valence-corrected chi connectivity index (χ4v) is 1.75. The van der Waals surface area contributed by atoms with E-state index < -0.39 is 0 Å². The summed E-state index contributed by atoms with van der Waals surface area (Å²) in [5, 5.41) is 5.87. The van der Waals surface area contributed by atoms with Gasteiger partial charge in [-0.15, -0.1) is 0 Å². The van der Waals surface area contributed by atoms with Gasteiger partial charge in [0, 0.05) is 38.6 Å². The number of nitrogens with zero attached hydrogens (tertiary/aromatic N) is 1. The lowest BCUT2D eigenvalue weighted by Crippen LogP contribution is -2.25. The van der Waals surface area contributed by atoms with Crippen molar-refractivity contribution in [1.82, 2.24) is 10.3 Å². The van der Waals surface area contributed by atoms with E-state index in [4.69, 9.17) is 4.74 Å². The first-order valence-corrected chi connectivity index (χ1v) is 6.67. The third-order valence-corrected chi connectivity index (χ3v) is 2.71. The second kappa shape index (κ2) is 8.48. The molecule has 1 rings (SSSR count). The molecule has 2 N–H and O–H groups in total. The van der Waals surface area contributed by atoms with Gasteiger partial charge in [0.05, 0.1) is 0 Å². The summed E-state index contributed by atoms with van der Waals surface area (Å²) in [5.41, 5.74) is 1.59. The number of hydrogen-bond acceptors (Lipinski definition) is 4. The highest BCUT2D eigenvalue weighted by Crippen LogP contribution is 2.11. The second-order valence-electron chi connectivity index (χ2n) is 4.33. The van der Waals surface area contributed by atoms with Gasteiger partial charge in [0.25, 0.3) is 5.91 Å². The molecule has 5 heteroatoms. The van der Waals surface area contributed by atoms with Gasteiger partial charge >= 0.3 is 0 Å².